The number of aryl methyl sites for hydroxylation is 1. The maximum Gasteiger partial charge on any atom is 0.243 e. The Morgan fingerprint density at radius 1 is 1.21 bits per heavy atom. The molecular formula is C17H25ClN2O3S. The molecule has 0 saturated carbocycles. The van der Waals surface area contributed by atoms with Crippen LogP contribution in [0.25, 0.3) is 0 Å². The Morgan fingerprint density at radius 3 is 2.58 bits per heavy atom. The van der Waals surface area contributed by atoms with Crippen molar-refractivity contribution in [1.82, 2.24) is 9.21 Å². The Balaban J connectivity index is 1.71. The number of likely N-dealkylation sites (tertiary alicyclic amines) is 1. The minimum absolute atomic E-state index is 0.195. The molecule has 1 unspecified atom stereocenters. The maximum absolute atomic E-state index is 12.9. The second-order valence-corrected chi connectivity index (χ2v) is 9.10. The number of benzene rings is 1. The summed E-state index contributed by atoms with van der Waals surface area (Å²) < 4.78 is 27.4. The molecule has 0 bridgehead atoms. The van der Waals surface area contributed by atoms with Crippen LogP contribution in [0, 0.1) is 6.92 Å². The van der Waals surface area contributed by atoms with Gasteiger partial charge in [0.2, 0.25) is 10.0 Å². The topological polar surface area (TPSA) is 60.9 Å². The molecule has 0 spiro atoms. The number of sulfonamides is 1. The number of hydrogen-bond acceptors (Lipinski definition) is 4. The lowest BCUT2D eigenvalue weighted by molar-refractivity contribution is 0.0899. The Morgan fingerprint density at radius 2 is 1.92 bits per heavy atom. The number of rotatable bonds is 4. The summed E-state index contributed by atoms with van der Waals surface area (Å²) >= 11 is 5.99. The Kier molecular flexibility index (Phi) is 5.52. The van der Waals surface area contributed by atoms with Crippen molar-refractivity contribution < 1.29 is 13.5 Å². The molecule has 134 valence electrons. The average molecular weight is 373 g/mol. The highest BCUT2D eigenvalue weighted by Gasteiger charge is 2.36. The molecule has 2 saturated heterocycles. The van der Waals surface area contributed by atoms with E-state index in [1.54, 1.807) is 29.4 Å². The lowest BCUT2D eigenvalue weighted by Gasteiger charge is -2.38. The molecule has 0 aromatic heterocycles. The minimum Gasteiger partial charge on any atom is -0.395 e. The number of halogens is 1. The van der Waals surface area contributed by atoms with Gasteiger partial charge in [0.15, 0.2) is 0 Å². The van der Waals surface area contributed by atoms with Gasteiger partial charge in [0.05, 0.1) is 11.5 Å². The van der Waals surface area contributed by atoms with Crippen molar-refractivity contribution in [2.24, 2.45) is 0 Å². The van der Waals surface area contributed by atoms with E-state index >= 15 is 0 Å². The predicted molar refractivity (Wildman–Crippen MR) is 94.8 cm³/mol. The van der Waals surface area contributed by atoms with Gasteiger partial charge in [0.25, 0.3) is 0 Å². The second-order valence-electron chi connectivity index (χ2n) is 6.76. The first kappa shape index (κ1) is 18.1. The summed E-state index contributed by atoms with van der Waals surface area (Å²) in [5.41, 5.74) is 0.724. The van der Waals surface area contributed by atoms with Gasteiger partial charge in [-0.2, -0.15) is 4.31 Å². The van der Waals surface area contributed by atoms with Crippen LogP contribution in [0.5, 0.6) is 0 Å². The van der Waals surface area contributed by atoms with Crippen LogP contribution in [-0.4, -0.2) is 61.1 Å². The highest BCUT2D eigenvalue weighted by Crippen LogP contribution is 2.29. The van der Waals surface area contributed by atoms with Crippen molar-refractivity contribution in [3.63, 3.8) is 0 Å². The van der Waals surface area contributed by atoms with E-state index in [-0.39, 0.29) is 12.6 Å². The van der Waals surface area contributed by atoms with Crippen molar-refractivity contribution in [2.45, 2.75) is 49.6 Å². The first-order chi connectivity index (χ1) is 11.4. The van der Waals surface area contributed by atoms with E-state index in [0.717, 1.165) is 37.8 Å². The molecule has 0 radical (unpaired) electrons. The molecule has 2 fully saturated rings. The van der Waals surface area contributed by atoms with Gasteiger partial charge in [-0.15, -0.1) is 0 Å². The highest BCUT2D eigenvalue weighted by atomic mass is 35.5. The van der Waals surface area contributed by atoms with Gasteiger partial charge in [0, 0.05) is 30.2 Å². The fourth-order valence-corrected chi connectivity index (χ4v) is 5.90. The van der Waals surface area contributed by atoms with Crippen molar-refractivity contribution in [1.29, 1.82) is 0 Å². The van der Waals surface area contributed by atoms with E-state index in [4.69, 9.17) is 11.6 Å². The van der Waals surface area contributed by atoms with Crippen LogP contribution in [0.15, 0.2) is 23.1 Å². The van der Waals surface area contributed by atoms with Crippen LogP contribution in [0.4, 0.5) is 0 Å². The molecular weight excluding hydrogens is 348 g/mol. The van der Waals surface area contributed by atoms with Gasteiger partial charge in [-0.05, 0) is 56.8 Å². The minimum atomic E-state index is -3.50. The Bertz CT molecular complexity index is 687. The van der Waals surface area contributed by atoms with E-state index < -0.39 is 10.0 Å². The van der Waals surface area contributed by atoms with Gasteiger partial charge < -0.3 is 5.11 Å². The van der Waals surface area contributed by atoms with Crippen LogP contribution in [-0.2, 0) is 10.0 Å². The molecule has 2 heterocycles. The maximum atomic E-state index is 12.9. The molecule has 0 aliphatic carbocycles. The van der Waals surface area contributed by atoms with E-state index in [1.165, 1.54) is 0 Å². The third-order valence-electron chi connectivity index (χ3n) is 5.29. The molecule has 7 heteroatoms. The summed E-state index contributed by atoms with van der Waals surface area (Å²) in [5, 5.41) is 9.93. The first-order valence-corrected chi connectivity index (χ1v) is 10.4. The van der Waals surface area contributed by atoms with Crippen LogP contribution >= 0.6 is 11.6 Å². The lowest BCUT2D eigenvalue weighted by atomic mass is 10.0. The molecule has 0 amide bonds. The van der Waals surface area contributed by atoms with Crippen LogP contribution in [0.3, 0.4) is 0 Å². The predicted octanol–water partition coefficient (Wildman–Crippen LogP) is 2.26. The summed E-state index contributed by atoms with van der Waals surface area (Å²) in [5.74, 6) is 0. The fraction of sp³-hybridized carbons (Fsp3) is 0.647. The molecule has 1 atom stereocenters. The van der Waals surface area contributed by atoms with Crippen molar-refractivity contribution in [2.75, 3.05) is 26.2 Å². The Labute approximate surface area is 149 Å². The van der Waals surface area contributed by atoms with Crippen LogP contribution < -0.4 is 0 Å². The normalized spacial score (nSPS) is 24.5. The quantitative estimate of drug-likeness (QED) is 0.880. The summed E-state index contributed by atoms with van der Waals surface area (Å²) in [6.45, 7) is 4.05. The lowest BCUT2D eigenvalue weighted by Crippen LogP contribution is -2.49. The zero-order chi connectivity index (χ0) is 17.3. The monoisotopic (exact) mass is 372 g/mol. The van der Waals surface area contributed by atoms with E-state index in [2.05, 4.69) is 4.90 Å². The molecule has 1 aromatic carbocycles. The second kappa shape index (κ2) is 7.30. The Hall–Kier alpha value is -0.660. The van der Waals surface area contributed by atoms with Crippen molar-refractivity contribution >= 4 is 21.6 Å². The van der Waals surface area contributed by atoms with Gasteiger partial charge >= 0.3 is 0 Å². The van der Waals surface area contributed by atoms with Gasteiger partial charge in [-0.1, -0.05) is 17.7 Å². The third kappa shape index (κ3) is 3.48. The van der Waals surface area contributed by atoms with Crippen LogP contribution in [0.1, 0.15) is 31.2 Å². The average Bonchev–Trinajstić information content (AvgIpc) is 3.05. The first-order valence-electron chi connectivity index (χ1n) is 8.56. The number of aliphatic hydroxyl groups is 1. The van der Waals surface area contributed by atoms with Gasteiger partial charge in [-0.3, -0.25) is 4.90 Å². The van der Waals surface area contributed by atoms with Crippen molar-refractivity contribution in [3.8, 4) is 0 Å². The SMILES string of the molecule is Cc1ccc(Cl)cc1S(=O)(=O)N1CCC(N2CCCC2CO)CC1. The van der Waals surface area contributed by atoms with E-state index in [1.807, 2.05) is 0 Å². The summed E-state index contributed by atoms with van der Waals surface area (Å²) in [6, 6.07) is 5.62. The van der Waals surface area contributed by atoms with Crippen LogP contribution in [0.2, 0.25) is 5.02 Å². The smallest absolute Gasteiger partial charge is 0.243 e. The summed E-state index contributed by atoms with van der Waals surface area (Å²) in [7, 11) is -3.50. The molecule has 2 aliphatic heterocycles. The number of hydrogen-bond donors (Lipinski definition) is 1. The molecule has 3 rings (SSSR count). The zero-order valence-electron chi connectivity index (χ0n) is 14.0. The summed E-state index contributed by atoms with van der Waals surface area (Å²) in [4.78, 5) is 2.68. The molecule has 24 heavy (non-hydrogen) atoms. The number of aliphatic hydroxyl groups excluding tert-OH is 1. The van der Waals surface area contributed by atoms with Gasteiger partial charge in [-0.25, -0.2) is 8.42 Å². The molecule has 2 aliphatic rings. The third-order valence-corrected chi connectivity index (χ3v) is 7.57. The van der Waals surface area contributed by atoms with E-state index in [9.17, 15) is 13.5 Å². The number of piperidine rings is 1. The molecule has 5 nitrogen and oxygen atoms in total. The largest absolute Gasteiger partial charge is 0.395 e. The number of nitrogens with zero attached hydrogens (tertiary/aromatic N) is 2. The van der Waals surface area contributed by atoms with Gasteiger partial charge in [0.1, 0.15) is 0 Å². The van der Waals surface area contributed by atoms with Crippen molar-refractivity contribution in [3.05, 3.63) is 28.8 Å². The zero-order valence-corrected chi connectivity index (χ0v) is 15.6. The standard InChI is InChI=1S/C17H25ClN2O3S/c1-13-4-5-14(18)11-17(13)24(22,23)19-9-6-15(7-10-19)20-8-2-3-16(20)12-21/h4-5,11,15-16,21H,2-3,6-10,12H2,1H3. The van der Waals surface area contributed by atoms with E-state index in [0.29, 0.717) is 29.0 Å². The summed E-state index contributed by atoms with van der Waals surface area (Å²) in [6.07, 6.45) is 3.78. The molecule has 1 aromatic rings. The molecule has 1 N–H and O–H groups in total. The fourth-order valence-electron chi connectivity index (χ4n) is 3.94. The highest BCUT2D eigenvalue weighted by molar-refractivity contribution is 7.89.